The van der Waals surface area contributed by atoms with Crippen molar-refractivity contribution in [3.05, 3.63) is 23.8 Å². The first-order chi connectivity index (χ1) is 14.1. The molecule has 1 aromatic rings. The molecule has 1 aromatic carbocycles. The van der Waals surface area contributed by atoms with Gasteiger partial charge in [0.15, 0.2) is 5.78 Å². The van der Waals surface area contributed by atoms with E-state index in [1.807, 2.05) is 0 Å². The molecule has 0 radical (unpaired) electrons. The van der Waals surface area contributed by atoms with E-state index < -0.39 is 27.3 Å². The Morgan fingerprint density at radius 1 is 1.00 bits per heavy atom. The van der Waals surface area contributed by atoms with E-state index in [2.05, 4.69) is 0 Å². The lowest BCUT2D eigenvalue weighted by molar-refractivity contribution is 0.0473. The fourth-order valence-corrected chi connectivity index (χ4v) is 4.77. The smallest absolute Gasteiger partial charge is 0.475 e. The van der Waals surface area contributed by atoms with Crippen molar-refractivity contribution in [1.29, 1.82) is 0 Å². The molecule has 0 aliphatic rings. The number of phosphoric acid groups is 1. The number of rotatable bonds is 15. The molecule has 0 saturated carbocycles. The quantitative estimate of drug-likeness (QED) is 0.215. The highest BCUT2D eigenvalue weighted by Crippen LogP contribution is 2.52. The Morgan fingerprint density at radius 2 is 1.60 bits per heavy atom. The van der Waals surface area contributed by atoms with E-state index in [-0.39, 0.29) is 56.3 Å². The van der Waals surface area contributed by atoms with Gasteiger partial charge in [0, 0.05) is 13.1 Å². The fraction of sp³-hybridized carbons (Fsp3) is 0.611. The highest BCUT2D eigenvalue weighted by molar-refractivity contribution is 7.53. The molecule has 0 aromatic heterocycles. The van der Waals surface area contributed by atoms with Gasteiger partial charge in [-0.05, 0) is 45.4 Å². The van der Waals surface area contributed by atoms with E-state index >= 15 is 0 Å². The van der Waals surface area contributed by atoms with Crippen LogP contribution in [0.2, 0.25) is 0 Å². The first-order valence-electron chi connectivity index (χ1n) is 9.55. The molecule has 0 spiro atoms. The molecule has 2 N–H and O–H groups in total. The van der Waals surface area contributed by atoms with Gasteiger partial charge in [-0.2, -0.15) is 0 Å². The zero-order valence-corrected chi connectivity index (χ0v) is 19.4. The summed E-state index contributed by atoms with van der Waals surface area (Å²) in [6.45, 7) is 6.18. The molecule has 0 saturated heterocycles. The zero-order valence-electron chi connectivity index (χ0n) is 17.6. The van der Waals surface area contributed by atoms with Crippen molar-refractivity contribution < 1.29 is 46.8 Å². The molecule has 30 heavy (non-hydrogen) atoms. The maximum absolute atomic E-state index is 12.7. The standard InChI is InChI=1S/C18H30O10P2/c1-5-24-29(4,22)27-13-15(28-30(23,25-6-2)26-7-3)9-11-18(21)16-12-14(19)8-10-17(16)20/h8,10,12,15,19-20H,5-7,9,11,13H2,1-4H3. The van der Waals surface area contributed by atoms with E-state index in [9.17, 15) is 24.1 Å². The highest BCUT2D eigenvalue weighted by atomic mass is 31.2. The minimum absolute atomic E-state index is 0.00973. The molecule has 0 aliphatic heterocycles. The Bertz CT molecular complexity index is 772. The summed E-state index contributed by atoms with van der Waals surface area (Å²) in [6, 6.07) is 3.59. The Labute approximate surface area is 176 Å². The third kappa shape index (κ3) is 9.27. The summed E-state index contributed by atoms with van der Waals surface area (Å²) in [7, 11) is -7.31. The number of carbonyl (C=O) groups excluding carboxylic acids is 1. The van der Waals surface area contributed by atoms with Crippen LogP contribution < -0.4 is 0 Å². The number of ketones is 1. The first kappa shape index (κ1) is 26.8. The van der Waals surface area contributed by atoms with E-state index in [1.54, 1.807) is 20.8 Å². The van der Waals surface area contributed by atoms with Crippen LogP contribution in [0.3, 0.4) is 0 Å². The van der Waals surface area contributed by atoms with Gasteiger partial charge < -0.3 is 19.3 Å². The van der Waals surface area contributed by atoms with Crippen LogP contribution in [0.1, 0.15) is 44.0 Å². The second kappa shape index (κ2) is 12.6. The largest absolute Gasteiger partial charge is 0.508 e. The zero-order chi connectivity index (χ0) is 22.8. The van der Waals surface area contributed by atoms with Crippen LogP contribution in [0.15, 0.2) is 18.2 Å². The van der Waals surface area contributed by atoms with Crippen LogP contribution in [0.25, 0.3) is 0 Å². The van der Waals surface area contributed by atoms with E-state index in [0.717, 1.165) is 6.07 Å². The average Bonchev–Trinajstić information content (AvgIpc) is 2.66. The second-order valence-corrected chi connectivity index (χ2v) is 9.84. The van der Waals surface area contributed by atoms with Gasteiger partial charge in [0.25, 0.3) is 0 Å². The molecule has 0 amide bonds. The van der Waals surface area contributed by atoms with Gasteiger partial charge in [-0.25, -0.2) is 4.57 Å². The highest BCUT2D eigenvalue weighted by Gasteiger charge is 2.32. The van der Waals surface area contributed by atoms with Crippen molar-refractivity contribution >= 4 is 21.2 Å². The third-order valence-corrected chi connectivity index (χ3v) is 6.74. The van der Waals surface area contributed by atoms with Gasteiger partial charge in [-0.15, -0.1) is 0 Å². The van der Waals surface area contributed by atoms with Crippen LogP contribution >= 0.6 is 15.4 Å². The number of phenolic OH excluding ortho intramolecular Hbond substituents is 2. The molecule has 2 atom stereocenters. The monoisotopic (exact) mass is 468 g/mol. The molecule has 10 nitrogen and oxygen atoms in total. The summed E-state index contributed by atoms with van der Waals surface area (Å²) in [6.07, 6.45) is -1.14. The summed E-state index contributed by atoms with van der Waals surface area (Å²) in [5.74, 6) is -0.938. The predicted molar refractivity (Wildman–Crippen MR) is 110 cm³/mol. The van der Waals surface area contributed by atoms with Crippen LogP contribution in [0.4, 0.5) is 0 Å². The van der Waals surface area contributed by atoms with Crippen molar-refractivity contribution in [3.63, 3.8) is 0 Å². The summed E-state index contributed by atoms with van der Waals surface area (Å²) < 4.78 is 50.9. The molecule has 0 heterocycles. The van der Waals surface area contributed by atoms with Crippen LogP contribution in [-0.2, 0) is 31.7 Å². The van der Waals surface area contributed by atoms with Crippen LogP contribution in [-0.4, -0.2) is 55.2 Å². The lowest BCUT2D eigenvalue weighted by Crippen LogP contribution is -2.21. The topological polar surface area (TPSA) is 138 Å². The van der Waals surface area contributed by atoms with Crippen molar-refractivity contribution in [2.24, 2.45) is 0 Å². The Kier molecular flexibility index (Phi) is 11.2. The Balaban J connectivity index is 2.93. The number of hydrogen-bond acceptors (Lipinski definition) is 10. The normalized spacial score (nSPS) is 14.9. The summed E-state index contributed by atoms with van der Waals surface area (Å²) >= 11 is 0. The minimum Gasteiger partial charge on any atom is -0.508 e. The number of phosphoric ester groups is 1. The van der Waals surface area contributed by atoms with E-state index in [0.29, 0.717) is 0 Å². The molecule has 1 rings (SSSR count). The number of Topliss-reactive ketones (excluding diaryl/α,β-unsaturated/α-hetero) is 1. The Hall–Kier alpha value is -1.25. The fourth-order valence-electron chi connectivity index (χ4n) is 2.43. The maximum atomic E-state index is 12.7. The number of carbonyl (C=O) groups is 1. The van der Waals surface area contributed by atoms with Crippen LogP contribution in [0.5, 0.6) is 11.5 Å². The third-order valence-electron chi connectivity index (χ3n) is 3.69. The summed E-state index contributed by atoms with van der Waals surface area (Å²) in [5, 5.41) is 19.4. The van der Waals surface area contributed by atoms with Gasteiger partial charge >= 0.3 is 15.4 Å². The number of phenols is 2. The van der Waals surface area contributed by atoms with Gasteiger partial charge in [-0.3, -0.25) is 22.9 Å². The van der Waals surface area contributed by atoms with Gasteiger partial charge in [0.1, 0.15) is 11.5 Å². The summed E-state index contributed by atoms with van der Waals surface area (Å²) in [5.41, 5.74) is -0.0667. The minimum atomic E-state index is -3.93. The van der Waals surface area contributed by atoms with Crippen molar-refractivity contribution in [2.45, 2.75) is 39.7 Å². The molecule has 12 heteroatoms. The Morgan fingerprint density at radius 3 is 2.17 bits per heavy atom. The SMILES string of the molecule is CCOP(C)(=O)OCC(CCC(=O)c1cc(O)ccc1O)OP(=O)(OCC)OCC. The molecule has 172 valence electrons. The van der Waals surface area contributed by atoms with E-state index in [4.69, 9.17) is 22.6 Å². The number of hydrogen-bond donors (Lipinski definition) is 2. The van der Waals surface area contributed by atoms with Gasteiger partial charge in [0.2, 0.25) is 0 Å². The number of aromatic hydroxyl groups is 2. The van der Waals surface area contributed by atoms with Gasteiger partial charge in [0.05, 0.1) is 38.1 Å². The van der Waals surface area contributed by atoms with E-state index in [1.165, 1.54) is 18.8 Å². The van der Waals surface area contributed by atoms with Crippen molar-refractivity contribution in [1.82, 2.24) is 0 Å². The molecule has 2 unspecified atom stereocenters. The van der Waals surface area contributed by atoms with Crippen molar-refractivity contribution in [2.75, 3.05) is 33.1 Å². The van der Waals surface area contributed by atoms with Crippen molar-refractivity contribution in [3.8, 4) is 11.5 Å². The molecule has 0 fully saturated rings. The molecule has 0 bridgehead atoms. The molecular formula is C18H30O10P2. The lowest BCUT2D eigenvalue weighted by atomic mass is 10.0. The predicted octanol–water partition coefficient (Wildman–Crippen LogP) is 4.50. The first-order valence-corrected chi connectivity index (χ1v) is 13.0. The second-order valence-electron chi connectivity index (χ2n) is 6.16. The molecule has 0 aliphatic carbocycles. The maximum Gasteiger partial charge on any atom is 0.475 e. The molecular weight excluding hydrogens is 438 g/mol. The average molecular weight is 468 g/mol. The lowest BCUT2D eigenvalue weighted by Gasteiger charge is -2.24. The van der Waals surface area contributed by atoms with Gasteiger partial charge in [-0.1, -0.05) is 0 Å². The summed E-state index contributed by atoms with van der Waals surface area (Å²) in [4.78, 5) is 12.5. The number of benzene rings is 1. The van der Waals surface area contributed by atoms with Crippen LogP contribution in [0, 0.1) is 0 Å².